The summed E-state index contributed by atoms with van der Waals surface area (Å²) in [5, 5.41) is 15.6. The summed E-state index contributed by atoms with van der Waals surface area (Å²) in [5.41, 5.74) is 10.7. The molecule has 6 N–H and O–H groups in total. The maximum Gasteiger partial charge on any atom is 0.386 e. The summed E-state index contributed by atoms with van der Waals surface area (Å²) < 4.78 is 80.9. The first kappa shape index (κ1) is 32.6. The molecule has 2 aliphatic rings. The van der Waals surface area contributed by atoms with E-state index in [9.17, 15) is 19.0 Å². The standard InChI is InChI=1S/C20H24F2N10O8P2S3/c21-9-8(3-33)45-19(32-16-11(29-30-32)17(34)28-20(24)27-16)13(9)40-42(36,44)37-4-7-12(39-41(35)43)10(22)18(38-7)31-2-1-6-14(23)25-5-26-15(6)31/h1-2,5,7-10,12-13,18-19,33,41H,3-4H2,(H,35,43)(H,36,44)(H2,23,25,26)(H3,24,27,28,34)/t7-,8-,9-,10+,12-,13-,18-,19-,42?/m1/s1. The van der Waals surface area contributed by atoms with E-state index in [0.717, 1.165) is 16.4 Å². The first-order valence-corrected chi connectivity index (χ1v) is 19.1. The minimum absolute atomic E-state index is 0.117. The lowest BCUT2D eigenvalue weighted by Crippen LogP contribution is -2.33. The van der Waals surface area contributed by atoms with Crippen LogP contribution in [0.15, 0.2) is 23.4 Å². The molecule has 0 aromatic carbocycles. The fourth-order valence-electron chi connectivity index (χ4n) is 5.04. The molecule has 10 atom stereocenters. The highest BCUT2D eigenvalue weighted by Crippen LogP contribution is 2.59. The Kier molecular flexibility index (Phi) is 9.20. The molecule has 2 fully saturated rings. The van der Waals surface area contributed by atoms with Crippen LogP contribution in [0.2, 0.25) is 0 Å². The molecule has 0 bridgehead atoms. The van der Waals surface area contributed by atoms with Crippen molar-refractivity contribution < 1.29 is 41.3 Å². The number of aliphatic hydroxyl groups is 1. The van der Waals surface area contributed by atoms with Gasteiger partial charge in [0.05, 0.1) is 23.8 Å². The number of hydrogen-bond acceptors (Lipinski definition) is 16. The van der Waals surface area contributed by atoms with Gasteiger partial charge >= 0.3 is 6.80 Å². The third-order valence-corrected chi connectivity index (χ3v) is 10.9. The van der Waals surface area contributed by atoms with Gasteiger partial charge in [-0.25, -0.2) is 28.0 Å². The number of anilines is 2. The normalized spacial score (nSPS) is 30.7. The van der Waals surface area contributed by atoms with Crippen LogP contribution in [0.3, 0.4) is 0 Å². The van der Waals surface area contributed by atoms with Crippen molar-refractivity contribution in [3.63, 3.8) is 0 Å². The largest absolute Gasteiger partial charge is 0.395 e. The molecule has 0 spiro atoms. The fraction of sp³-hybridized carbons (Fsp3) is 0.500. The molecular formula is C20H24F2N10O8P2S3. The van der Waals surface area contributed by atoms with Crippen LogP contribution in [0, 0.1) is 0 Å². The number of aromatic nitrogens is 8. The molecule has 0 amide bonds. The molecule has 18 nitrogen and oxygen atoms in total. The average molecular weight is 729 g/mol. The zero-order valence-electron chi connectivity index (χ0n) is 22.4. The minimum Gasteiger partial charge on any atom is -0.395 e. The molecule has 6 rings (SSSR count). The van der Waals surface area contributed by atoms with Gasteiger partial charge in [0.2, 0.25) is 13.2 Å². The maximum absolute atomic E-state index is 15.7. The number of ether oxygens (including phenoxy) is 1. The Balaban J connectivity index is 1.22. The van der Waals surface area contributed by atoms with E-state index in [4.69, 9.17) is 29.8 Å². The third-order valence-electron chi connectivity index (χ3n) is 7.01. The van der Waals surface area contributed by atoms with Crippen LogP contribution >= 0.6 is 50.3 Å². The highest BCUT2D eigenvalue weighted by atomic mass is 32.7. The quantitative estimate of drug-likeness (QED) is 0.0998. The fourth-order valence-corrected chi connectivity index (χ4v) is 8.83. The van der Waals surface area contributed by atoms with E-state index in [2.05, 4.69) is 54.7 Å². The molecule has 6 heterocycles. The number of aromatic amines is 1. The van der Waals surface area contributed by atoms with Crippen LogP contribution < -0.4 is 17.0 Å². The minimum atomic E-state index is -4.50. The number of fused-ring (bicyclic) bond motifs is 2. The van der Waals surface area contributed by atoms with Gasteiger partial charge in [0.1, 0.15) is 47.6 Å². The molecule has 2 unspecified atom stereocenters. The summed E-state index contributed by atoms with van der Waals surface area (Å²) in [6.45, 7) is -5.81. The number of thioether (sulfide) groups is 1. The maximum atomic E-state index is 15.7. The zero-order chi connectivity index (χ0) is 32.2. The summed E-state index contributed by atoms with van der Waals surface area (Å²) in [5.74, 6) is -0.114. The van der Waals surface area contributed by atoms with E-state index >= 15 is 8.78 Å². The van der Waals surface area contributed by atoms with Gasteiger partial charge in [0, 0.05) is 6.20 Å². The number of hydrogen-bond donors (Lipinski definition) is 6. The molecule has 45 heavy (non-hydrogen) atoms. The Bertz CT molecular complexity index is 1870. The summed E-state index contributed by atoms with van der Waals surface area (Å²) in [6, 6.07) is 1.55. The van der Waals surface area contributed by atoms with Crippen molar-refractivity contribution in [1.29, 1.82) is 0 Å². The van der Waals surface area contributed by atoms with Crippen molar-refractivity contribution in [1.82, 2.24) is 39.5 Å². The predicted molar refractivity (Wildman–Crippen MR) is 164 cm³/mol. The molecule has 25 heteroatoms. The number of H-pyrrole nitrogens is 1. The lowest BCUT2D eigenvalue weighted by Gasteiger charge is -2.25. The zero-order valence-corrected chi connectivity index (χ0v) is 26.9. The number of thiol groups is 2. The second-order valence-electron chi connectivity index (χ2n) is 9.76. The van der Waals surface area contributed by atoms with E-state index in [1.807, 2.05) is 0 Å². The number of nitrogens with zero attached hydrogens (tertiary/aromatic N) is 7. The first-order valence-electron chi connectivity index (χ1n) is 12.8. The Morgan fingerprint density at radius 3 is 2.76 bits per heavy atom. The first-order chi connectivity index (χ1) is 21.4. The number of aliphatic hydroxyl groups excluding tert-OH is 1. The second-order valence-corrected chi connectivity index (χ2v) is 15.9. The van der Waals surface area contributed by atoms with Crippen LogP contribution in [-0.4, -0.2) is 93.7 Å². The van der Waals surface area contributed by atoms with Crippen LogP contribution in [0.4, 0.5) is 20.5 Å². The number of rotatable bonds is 10. The van der Waals surface area contributed by atoms with Gasteiger partial charge in [-0.2, -0.15) is 4.98 Å². The molecule has 0 aliphatic carbocycles. The summed E-state index contributed by atoms with van der Waals surface area (Å²) in [4.78, 5) is 26.5. The number of nitrogen functional groups attached to an aromatic ring is 2. The Hall–Kier alpha value is -2.33. The van der Waals surface area contributed by atoms with Gasteiger partial charge < -0.3 is 30.4 Å². The topological polar surface area (TPSA) is 250 Å². The van der Waals surface area contributed by atoms with E-state index in [-0.39, 0.29) is 28.6 Å². The molecule has 244 valence electrons. The average Bonchev–Trinajstić information content (AvgIpc) is 3.73. The van der Waals surface area contributed by atoms with E-state index in [1.54, 1.807) is 6.07 Å². The molecule has 2 saturated heterocycles. The molecule has 0 radical (unpaired) electrons. The highest BCUT2D eigenvalue weighted by Gasteiger charge is 2.52. The van der Waals surface area contributed by atoms with Crippen molar-refractivity contribution in [3.05, 3.63) is 28.9 Å². The van der Waals surface area contributed by atoms with Gasteiger partial charge in [-0.3, -0.25) is 23.4 Å². The summed E-state index contributed by atoms with van der Waals surface area (Å²) >= 11 is 8.59. The van der Waals surface area contributed by atoms with E-state index in [1.165, 1.54) is 17.1 Å². The van der Waals surface area contributed by atoms with E-state index in [0.29, 0.717) is 5.39 Å². The van der Waals surface area contributed by atoms with Crippen molar-refractivity contribution >= 4 is 84.3 Å². The van der Waals surface area contributed by atoms with Gasteiger partial charge in [-0.05, 0) is 6.07 Å². The van der Waals surface area contributed by atoms with Crippen LogP contribution in [0.25, 0.3) is 22.2 Å². The Labute approximate surface area is 265 Å². The second kappa shape index (κ2) is 12.7. The Morgan fingerprint density at radius 1 is 1.24 bits per heavy atom. The summed E-state index contributed by atoms with van der Waals surface area (Å²) in [6.07, 6.45) is -7.05. The van der Waals surface area contributed by atoms with Crippen molar-refractivity contribution in [2.45, 2.75) is 47.5 Å². The SMILES string of the molecule is Nc1nc2c(nnn2[C@@H]2S[C@H](CO)[C@@H](F)[C@H]2OP(=O)(S)OC[C@H]2O[C@@H](n3ccc4c(N)ncnc43)[C@@H](F)[C@@H]2O[PH](=O)S)c(=O)[nH]1. The van der Waals surface area contributed by atoms with Crippen molar-refractivity contribution in [2.75, 3.05) is 24.7 Å². The number of halogens is 2. The van der Waals surface area contributed by atoms with Gasteiger partial charge in [0.25, 0.3) is 5.56 Å². The van der Waals surface area contributed by atoms with Crippen molar-refractivity contribution in [2.24, 2.45) is 0 Å². The summed E-state index contributed by atoms with van der Waals surface area (Å²) in [7, 11) is -3.00. The number of nitrogens with two attached hydrogens (primary N) is 2. The Morgan fingerprint density at radius 2 is 2.02 bits per heavy atom. The third kappa shape index (κ3) is 6.22. The monoisotopic (exact) mass is 728 g/mol. The predicted octanol–water partition coefficient (Wildman–Crippen LogP) is 1.45. The number of alkyl halides is 2. The smallest absolute Gasteiger partial charge is 0.386 e. The lowest BCUT2D eigenvalue weighted by atomic mass is 10.1. The lowest BCUT2D eigenvalue weighted by molar-refractivity contribution is -0.0411. The molecule has 4 aromatic rings. The van der Waals surface area contributed by atoms with Gasteiger partial charge in [-0.15, -0.1) is 16.9 Å². The van der Waals surface area contributed by atoms with Gasteiger partial charge in [-0.1, -0.05) is 29.7 Å². The van der Waals surface area contributed by atoms with Crippen LogP contribution in [0.5, 0.6) is 0 Å². The molecule has 2 aliphatic heterocycles. The van der Waals surface area contributed by atoms with Gasteiger partial charge in [0.15, 0.2) is 23.6 Å². The van der Waals surface area contributed by atoms with Crippen LogP contribution in [0.1, 0.15) is 11.6 Å². The molecule has 4 aromatic heterocycles. The molecular weight excluding hydrogens is 704 g/mol. The van der Waals surface area contributed by atoms with Crippen molar-refractivity contribution in [3.8, 4) is 0 Å². The van der Waals surface area contributed by atoms with E-state index < -0.39 is 80.3 Å². The highest BCUT2D eigenvalue weighted by molar-refractivity contribution is 8.44. The number of nitrogens with one attached hydrogen (secondary N) is 1. The molecule has 0 saturated carbocycles. The van der Waals surface area contributed by atoms with Crippen LogP contribution in [-0.2, 0) is 27.4 Å².